The van der Waals surface area contributed by atoms with E-state index in [1.54, 1.807) is 19.1 Å². The molecule has 0 saturated carbocycles. The van der Waals surface area contributed by atoms with Crippen LogP contribution in [-0.4, -0.2) is 48.3 Å². The summed E-state index contributed by atoms with van der Waals surface area (Å²) in [7, 11) is 0. The highest BCUT2D eigenvalue weighted by Crippen LogP contribution is 2.02. The SMILES string of the molecule is CCN(CC(=O)NCc1ccc(F)cc1)C(=O)CNC(=O)[C@@H](N)C(C)C. The Labute approximate surface area is 153 Å². The van der Waals surface area contributed by atoms with Crippen molar-refractivity contribution in [3.8, 4) is 0 Å². The van der Waals surface area contributed by atoms with Gasteiger partial charge in [0, 0.05) is 13.1 Å². The lowest BCUT2D eigenvalue weighted by Crippen LogP contribution is -2.49. The molecule has 1 aromatic carbocycles. The minimum atomic E-state index is -0.683. The van der Waals surface area contributed by atoms with Crippen LogP contribution in [0.4, 0.5) is 4.39 Å². The lowest BCUT2D eigenvalue weighted by atomic mass is 10.1. The van der Waals surface area contributed by atoms with Crippen LogP contribution in [0.25, 0.3) is 0 Å². The van der Waals surface area contributed by atoms with E-state index in [0.717, 1.165) is 5.56 Å². The fraction of sp³-hybridized carbons (Fsp3) is 0.500. The lowest BCUT2D eigenvalue weighted by Gasteiger charge is -2.21. The maximum atomic E-state index is 12.8. The van der Waals surface area contributed by atoms with Gasteiger partial charge in [0.1, 0.15) is 5.82 Å². The molecular weight excluding hydrogens is 339 g/mol. The first-order valence-corrected chi connectivity index (χ1v) is 8.56. The fourth-order valence-corrected chi connectivity index (χ4v) is 2.10. The van der Waals surface area contributed by atoms with E-state index in [1.165, 1.54) is 17.0 Å². The van der Waals surface area contributed by atoms with Crippen LogP contribution in [0, 0.1) is 11.7 Å². The smallest absolute Gasteiger partial charge is 0.242 e. The summed E-state index contributed by atoms with van der Waals surface area (Å²) in [6.07, 6.45) is 0. The van der Waals surface area contributed by atoms with E-state index in [9.17, 15) is 18.8 Å². The second-order valence-corrected chi connectivity index (χ2v) is 6.30. The van der Waals surface area contributed by atoms with Crippen LogP contribution in [-0.2, 0) is 20.9 Å². The molecule has 4 N–H and O–H groups in total. The topological polar surface area (TPSA) is 105 Å². The zero-order valence-corrected chi connectivity index (χ0v) is 15.4. The molecule has 0 unspecified atom stereocenters. The Morgan fingerprint density at radius 3 is 2.31 bits per heavy atom. The third kappa shape index (κ3) is 7.18. The van der Waals surface area contributed by atoms with Crippen molar-refractivity contribution >= 4 is 17.7 Å². The number of rotatable bonds is 9. The molecule has 0 bridgehead atoms. The average Bonchev–Trinajstić information content (AvgIpc) is 2.62. The Morgan fingerprint density at radius 2 is 1.77 bits per heavy atom. The van der Waals surface area contributed by atoms with Crippen LogP contribution in [0.2, 0.25) is 0 Å². The largest absolute Gasteiger partial charge is 0.350 e. The molecule has 8 heteroatoms. The molecule has 26 heavy (non-hydrogen) atoms. The van der Waals surface area contributed by atoms with E-state index in [4.69, 9.17) is 5.73 Å². The number of amides is 3. The predicted octanol–water partition coefficient (Wildman–Crippen LogP) is 0.390. The van der Waals surface area contributed by atoms with Gasteiger partial charge in [0.2, 0.25) is 17.7 Å². The molecule has 144 valence electrons. The van der Waals surface area contributed by atoms with Gasteiger partial charge in [-0.05, 0) is 30.5 Å². The van der Waals surface area contributed by atoms with Gasteiger partial charge >= 0.3 is 0 Å². The second kappa shape index (κ2) is 10.5. The van der Waals surface area contributed by atoms with E-state index in [-0.39, 0.29) is 43.2 Å². The predicted molar refractivity (Wildman–Crippen MR) is 96.3 cm³/mol. The van der Waals surface area contributed by atoms with Gasteiger partial charge in [-0.1, -0.05) is 26.0 Å². The minimum absolute atomic E-state index is 0.0374. The lowest BCUT2D eigenvalue weighted by molar-refractivity contribution is -0.136. The Bertz CT molecular complexity index is 619. The van der Waals surface area contributed by atoms with Gasteiger partial charge in [0.25, 0.3) is 0 Å². The van der Waals surface area contributed by atoms with Crippen LogP contribution in [0.5, 0.6) is 0 Å². The second-order valence-electron chi connectivity index (χ2n) is 6.30. The summed E-state index contributed by atoms with van der Waals surface area (Å²) in [5, 5.41) is 5.17. The van der Waals surface area contributed by atoms with Crippen LogP contribution in [0.3, 0.4) is 0 Å². The zero-order valence-electron chi connectivity index (χ0n) is 15.4. The normalized spacial score (nSPS) is 11.8. The van der Waals surface area contributed by atoms with Crippen molar-refractivity contribution in [2.24, 2.45) is 11.7 Å². The molecular formula is C18H27FN4O3. The van der Waals surface area contributed by atoms with Crippen LogP contribution < -0.4 is 16.4 Å². The molecule has 1 rings (SSSR count). The number of carbonyl (C=O) groups is 3. The number of hydrogen-bond acceptors (Lipinski definition) is 4. The standard InChI is InChI=1S/C18H27FN4O3/c1-4-23(16(25)10-22-18(26)17(20)12(2)3)11-15(24)21-9-13-5-7-14(19)8-6-13/h5-8,12,17H,4,9-11,20H2,1-3H3,(H,21,24)(H,22,26)/t17-/m0/s1. The van der Waals surface area contributed by atoms with Crippen molar-refractivity contribution in [3.05, 3.63) is 35.6 Å². The van der Waals surface area contributed by atoms with Gasteiger partial charge in [-0.15, -0.1) is 0 Å². The van der Waals surface area contributed by atoms with Crippen molar-refractivity contribution in [3.63, 3.8) is 0 Å². The third-order valence-electron chi connectivity index (χ3n) is 3.91. The van der Waals surface area contributed by atoms with Gasteiger partial charge in [-0.25, -0.2) is 4.39 Å². The summed E-state index contributed by atoms with van der Waals surface area (Å²) in [4.78, 5) is 37.3. The highest BCUT2D eigenvalue weighted by Gasteiger charge is 2.20. The van der Waals surface area contributed by atoms with Crippen LogP contribution >= 0.6 is 0 Å². The molecule has 0 heterocycles. The van der Waals surface area contributed by atoms with Crippen LogP contribution in [0.15, 0.2) is 24.3 Å². The molecule has 1 atom stereocenters. The first-order chi connectivity index (χ1) is 12.2. The molecule has 0 aliphatic heterocycles. The first-order valence-electron chi connectivity index (χ1n) is 8.56. The monoisotopic (exact) mass is 366 g/mol. The Hall–Kier alpha value is -2.48. The summed E-state index contributed by atoms with van der Waals surface area (Å²) in [6, 6.07) is 5.09. The Balaban J connectivity index is 2.44. The first kappa shape index (κ1) is 21.6. The van der Waals surface area contributed by atoms with E-state index < -0.39 is 11.9 Å². The quantitative estimate of drug-likeness (QED) is 0.588. The maximum absolute atomic E-state index is 12.8. The molecule has 0 radical (unpaired) electrons. The molecule has 3 amide bonds. The van der Waals surface area contributed by atoms with Crippen molar-refractivity contribution in [2.75, 3.05) is 19.6 Å². The summed E-state index contributed by atoms with van der Waals surface area (Å²) in [6.45, 7) is 5.61. The van der Waals surface area contributed by atoms with Gasteiger partial charge in [0.05, 0.1) is 19.1 Å². The maximum Gasteiger partial charge on any atom is 0.242 e. The van der Waals surface area contributed by atoms with Gasteiger partial charge in [-0.2, -0.15) is 0 Å². The van der Waals surface area contributed by atoms with Crippen molar-refractivity contribution < 1.29 is 18.8 Å². The summed E-state index contributed by atoms with van der Waals surface area (Å²) < 4.78 is 12.8. The van der Waals surface area contributed by atoms with E-state index in [0.29, 0.717) is 6.54 Å². The number of nitrogens with one attached hydrogen (secondary N) is 2. The zero-order chi connectivity index (χ0) is 19.7. The van der Waals surface area contributed by atoms with Crippen molar-refractivity contribution in [2.45, 2.75) is 33.4 Å². The molecule has 0 aromatic heterocycles. The third-order valence-corrected chi connectivity index (χ3v) is 3.91. The fourth-order valence-electron chi connectivity index (χ4n) is 2.10. The van der Waals surface area contributed by atoms with E-state index in [2.05, 4.69) is 10.6 Å². The summed E-state index contributed by atoms with van der Waals surface area (Å²) in [5.41, 5.74) is 6.47. The molecule has 1 aromatic rings. The Morgan fingerprint density at radius 1 is 1.15 bits per heavy atom. The molecule has 0 fully saturated rings. The number of halogens is 1. The van der Waals surface area contributed by atoms with Gasteiger partial charge in [-0.3, -0.25) is 14.4 Å². The molecule has 0 aliphatic rings. The summed E-state index contributed by atoms with van der Waals surface area (Å²) >= 11 is 0. The summed E-state index contributed by atoms with van der Waals surface area (Å²) in [5.74, 6) is -1.49. The number of likely N-dealkylation sites (N-methyl/N-ethyl adjacent to an activating group) is 1. The van der Waals surface area contributed by atoms with Crippen molar-refractivity contribution in [1.82, 2.24) is 15.5 Å². The number of nitrogens with zero attached hydrogens (tertiary/aromatic N) is 1. The van der Waals surface area contributed by atoms with Gasteiger partial charge < -0.3 is 21.3 Å². The number of carbonyl (C=O) groups excluding carboxylic acids is 3. The molecule has 0 spiro atoms. The molecule has 0 aliphatic carbocycles. The molecule has 7 nitrogen and oxygen atoms in total. The molecule has 0 saturated heterocycles. The Kier molecular flexibility index (Phi) is 8.71. The highest BCUT2D eigenvalue weighted by atomic mass is 19.1. The van der Waals surface area contributed by atoms with E-state index in [1.807, 2.05) is 13.8 Å². The van der Waals surface area contributed by atoms with Crippen LogP contribution in [0.1, 0.15) is 26.3 Å². The number of benzene rings is 1. The highest BCUT2D eigenvalue weighted by molar-refractivity contribution is 5.89. The van der Waals surface area contributed by atoms with Crippen molar-refractivity contribution in [1.29, 1.82) is 0 Å². The number of nitrogens with two attached hydrogens (primary N) is 1. The number of hydrogen-bond donors (Lipinski definition) is 3. The average molecular weight is 366 g/mol. The van der Waals surface area contributed by atoms with Gasteiger partial charge in [0.15, 0.2) is 0 Å². The van der Waals surface area contributed by atoms with E-state index >= 15 is 0 Å². The minimum Gasteiger partial charge on any atom is -0.350 e.